The number of fused-ring (bicyclic) bond motifs is 2. The molecule has 0 bridgehead atoms. The molecule has 6 rings (SSSR count). The van der Waals surface area contributed by atoms with E-state index in [1.54, 1.807) is 61.7 Å². The van der Waals surface area contributed by atoms with E-state index in [2.05, 4.69) is 4.98 Å². The molecule has 9 nitrogen and oxygen atoms in total. The molecule has 1 fully saturated rings. The number of carbonyl (C=O) groups is 2. The maximum atomic E-state index is 13.5. The second kappa shape index (κ2) is 9.95. The lowest BCUT2D eigenvalue weighted by Crippen LogP contribution is -2.29. The van der Waals surface area contributed by atoms with Crippen LogP contribution in [0.5, 0.6) is 23.0 Å². The Balaban J connectivity index is 1.51. The van der Waals surface area contributed by atoms with E-state index in [0.717, 1.165) is 4.70 Å². The van der Waals surface area contributed by atoms with Crippen LogP contribution in [0.3, 0.4) is 0 Å². The van der Waals surface area contributed by atoms with E-state index < -0.39 is 17.7 Å². The first-order chi connectivity index (χ1) is 19.0. The van der Waals surface area contributed by atoms with Gasteiger partial charge in [0.1, 0.15) is 30.5 Å². The summed E-state index contributed by atoms with van der Waals surface area (Å²) in [5.74, 6) is 0.411. The molecular formula is C29H24N2O7S. The monoisotopic (exact) mass is 544 g/mol. The third kappa shape index (κ3) is 4.32. The van der Waals surface area contributed by atoms with Gasteiger partial charge in [-0.3, -0.25) is 14.5 Å². The Morgan fingerprint density at radius 3 is 2.51 bits per heavy atom. The van der Waals surface area contributed by atoms with Gasteiger partial charge in [-0.2, -0.15) is 0 Å². The minimum atomic E-state index is -0.920. The number of benzene rings is 3. The van der Waals surface area contributed by atoms with Crippen molar-refractivity contribution in [3.8, 4) is 23.0 Å². The molecule has 1 saturated heterocycles. The van der Waals surface area contributed by atoms with E-state index in [-0.39, 0.29) is 11.3 Å². The SMILES string of the molecule is CCOc1ccc([C@@H]2C(=C(O)c3ccc4c(c3)OCCO4)C(=O)C(=O)N2c2nc3ccc(OC)cc3s2)cc1. The molecule has 39 heavy (non-hydrogen) atoms. The summed E-state index contributed by atoms with van der Waals surface area (Å²) < 4.78 is 22.9. The summed E-state index contributed by atoms with van der Waals surface area (Å²) in [6.07, 6.45) is 0. The molecule has 3 heterocycles. The Kier molecular flexibility index (Phi) is 6.32. The molecule has 198 valence electrons. The van der Waals surface area contributed by atoms with Crippen LogP contribution in [0.4, 0.5) is 5.13 Å². The first-order valence-electron chi connectivity index (χ1n) is 12.4. The Hall–Kier alpha value is -4.57. The molecule has 0 spiro atoms. The van der Waals surface area contributed by atoms with E-state index in [4.69, 9.17) is 18.9 Å². The van der Waals surface area contributed by atoms with Crippen molar-refractivity contribution in [2.45, 2.75) is 13.0 Å². The summed E-state index contributed by atoms with van der Waals surface area (Å²) in [4.78, 5) is 33.1. The van der Waals surface area contributed by atoms with Crippen LogP contribution in [-0.2, 0) is 9.59 Å². The van der Waals surface area contributed by atoms with Crippen molar-refractivity contribution < 1.29 is 33.6 Å². The van der Waals surface area contributed by atoms with Crippen molar-refractivity contribution in [3.05, 3.63) is 77.4 Å². The Morgan fingerprint density at radius 1 is 1.03 bits per heavy atom. The summed E-state index contributed by atoms with van der Waals surface area (Å²) in [5, 5.41) is 11.8. The van der Waals surface area contributed by atoms with Gasteiger partial charge in [0, 0.05) is 5.56 Å². The number of rotatable bonds is 6. The fourth-order valence-electron chi connectivity index (χ4n) is 4.73. The molecule has 2 aliphatic rings. The maximum Gasteiger partial charge on any atom is 0.301 e. The number of methoxy groups -OCH3 is 1. The van der Waals surface area contributed by atoms with Gasteiger partial charge in [0.25, 0.3) is 5.78 Å². The zero-order valence-corrected chi connectivity index (χ0v) is 22.0. The van der Waals surface area contributed by atoms with Gasteiger partial charge in [-0.15, -0.1) is 0 Å². The number of nitrogens with zero attached hydrogens (tertiary/aromatic N) is 2. The molecule has 0 aliphatic carbocycles. The predicted octanol–water partition coefficient (Wildman–Crippen LogP) is 5.10. The van der Waals surface area contributed by atoms with Gasteiger partial charge in [-0.1, -0.05) is 23.5 Å². The van der Waals surface area contributed by atoms with Crippen molar-refractivity contribution in [2.24, 2.45) is 0 Å². The number of amides is 1. The molecular weight excluding hydrogens is 520 g/mol. The predicted molar refractivity (Wildman–Crippen MR) is 146 cm³/mol. The number of hydrogen-bond acceptors (Lipinski definition) is 9. The third-order valence-corrected chi connectivity index (χ3v) is 7.57. The molecule has 0 saturated carbocycles. The van der Waals surface area contributed by atoms with Crippen LogP contribution in [0.25, 0.3) is 16.0 Å². The molecule has 0 radical (unpaired) electrons. The van der Waals surface area contributed by atoms with Crippen molar-refractivity contribution in [3.63, 3.8) is 0 Å². The van der Waals surface area contributed by atoms with Crippen molar-refractivity contribution in [1.29, 1.82) is 0 Å². The van der Waals surface area contributed by atoms with E-state index in [1.165, 1.54) is 16.2 Å². The normalized spacial score (nSPS) is 18.0. The van der Waals surface area contributed by atoms with Gasteiger partial charge < -0.3 is 24.1 Å². The Morgan fingerprint density at radius 2 is 1.77 bits per heavy atom. The van der Waals surface area contributed by atoms with Gasteiger partial charge in [-0.05, 0) is 61.0 Å². The number of aliphatic hydroxyl groups excluding tert-OH is 1. The van der Waals surface area contributed by atoms with Crippen LogP contribution in [0, 0.1) is 0 Å². The summed E-state index contributed by atoms with van der Waals surface area (Å²) in [6, 6.07) is 16.5. The molecule has 3 aromatic carbocycles. The van der Waals surface area contributed by atoms with Gasteiger partial charge in [0.05, 0.1) is 35.5 Å². The lowest BCUT2D eigenvalue weighted by Gasteiger charge is -2.23. The number of anilines is 1. The largest absolute Gasteiger partial charge is 0.507 e. The first kappa shape index (κ1) is 24.7. The van der Waals surface area contributed by atoms with Crippen molar-refractivity contribution in [1.82, 2.24) is 4.98 Å². The molecule has 1 amide bonds. The highest BCUT2D eigenvalue weighted by Crippen LogP contribution is 2.45. The van der Waals surface area contributed by atoms with E-state index in [0.29, 0.717) is 64.6 Å². The average molecular weight is 545 g/mol. The standard InChI is InChI=1S/C29H24N2O7S/c1-3-36-18-7-4-16(5-8-18)25-24(26(32)17-6-11-21-22(14-17)38-13-12-37-21)27(33)28(34)31(25)29-30-20-10-9-19(35-2)15-23(20)39-29/h4-11,14-15,25,32H,3,12-13H2,1-2H3/t25-/m1/s1. The minimum Gasteiger partial charge on any atom is -0.507 e. The number of carbonyl (C=O) groups excluding carboxylic acids is 2. The highest BCUT2D eigenvalue weighted by molar-refractivity contribution is 7.22. The lowest BCUT2D eigenvalue weighted by molar-refractivity contribution is -0.132. The van der Waals surface area contributed by atoms with Crippen LogP contribution >= 0.6 is 11.3 Å². The van der Waals surface area contributed by atoms with Crippen LogP contribution in [0.2, 0.25) is 0 Å². The number of ether oxygens (including phenoxy) is 4. The highest BCUT2D eigenvalue weighted by Gasteiger charge is 2.48. The maximum absolute atomic E-state index is 13.5. The number of Topliss-reactive ketones (excluding diaryl/α,β-unsaturated/α-hetero) is 1. The molecule has 2 aliphatic heterocycles. The summed E-state index contributed by atoms with van der Waals surface area (Å²) >= 11 is 1.26. The van der Waals surface area contributed by atoms with E-state index >= 15 is 0 Å². The van der Waals surface area contributed by atoms with Gasteiger partial charge in [0.15, 0.2) is 16.6 Å². The fraction of sp³-hybridized carbons (Fsp3) is 0.207. The number of thiazole rings is 1. The number of aromatic nitrogens is 1. The zero-order valence-electron chi connectivity index (χ0n) is 21.2. The Bertz CT molecular complexity index is 1630. The molecule has 10 heteroatoms. The molecule has 4 aromatic rings. The third-order valence-electron chi connectivity index (χ3n) is 6.56. The van der Waals surface area contributed by atoms with Crippen LogP contribution < -0.4 is 23.8 Å². The second-order valence-electron chi connectivity index (χ2n) is 8.86. The summed E-state index contributed by atoms with van der Waals surface area (Å²) in [6.45, 7) is 3.18. The number of ketones is 1. The zero-order chi connectivity index (χ0) is 27.1. The lowest BCUT2D eigenvalue weighted by atomic mass is 9.95. The smallest absolute Gasteiger partial charge is 0.301 e. The Labute approximate surface area is 227 Å². The fourth-order valence-corrected chi connectivity index (χ4v) is 5.75. The van der Waals surface area contributed by atoms with Gasteiger partial charge in [-0.25, -0.2) is 4.98 Å². The highest BCUT2D eigenvalue weighted by atomic mass is 32.1. The summed E-state index contributed by atoms with van der Waals surface area (Å²) in [5.41, 5.74) is 1.57. The summed E-state index contributed by atoms with van der Waals surface area (Å²) in [7, 11) is 1.57. The van der Waals surface area contributed by atoms with Crippen LogP contribution in [0.15, 0.2) is 66.2 Å². The average Bonchev–Trinajstić information content (AvgIpc) is 3.50. The molecule has 1 N–H and O–H groups in total. The van der Waals surface area contributed by atoms with Crippen molar-refractivity contribution in [2.75, 3.05) is 31.8 Å². The van der Waals surface area contributed by atoms with E-state index in [9.17, 15) is 14.7 Å². The second-order valence-corrected chi connectivity index (χ2v) is 9.87. The topological polar surface area (TPSA) is 107 Å². The molecule has 1 aromatic heterocycles. The molecule has 0 unspecified atom stereocenters. The van der Waals surface area contributed by atoms with Gasteiger partial charge >= 0.3 is 5.91 Å². The first-order valence-corrected chi connectivity index (χ1v) is 13.2. The quantitative estimate of drug-likeness (QED) is 0.203. The number of hydrogen-bond donors (Lipinski definition) is 1. The van der Waals surface area contributed by atoms with Crippen molar-refractivity contribution >= 4 is 44.1 Å². The van der Waals surface area contributed by atoms with E-state index in [1.807, 2.05) is 13.0 Å². The van der Waals surface area contributed by atoms with Crippen LogP contribution in [0.1, 0.15) is 24.1 Å². The number of aliphatic hydroxyl groups is 1. The minimum absolute atomic E-state index is 0.0438. The van der Waals surface area contributed by atoms with Gasteiger partial charge in [0.2, 0.25) is 0 Å². The van der Waals surface area contributed by atoms with Crippen LogP contribution in [-0.4, -0.2) is 48.7 Å². The molecule has 1 atom stereocenters.